The zero-order valence-corrected chi connectivity index (χ0v) is 10.9. The van der Waals surface area contributed by atoms with E-state index in [0.29, 0.717) is 17.8 Å². The largest absolute Gasteiger partial charge is 0.383 e. The van der Waals surface area contributed by atoms with Gasteiger partial charge in [-0.1, -0.05) is 0 Å². The smallest absolute Gasteiger partial charge is 0.137 e. The first-order valence-corrected chi connectivity index (χ1v) is 6.59. The first-order valence-electron chi connectivity index (χ1n) is 5.79. The maximum Gasteiger partial charge on any atom is 0.137 e. The fraction of sp³-hybridized carbons (Fsp3) is 0.583. The molecule has 3 atom stereocenters. The van der Waals surface area contributed by atoms with Crippen LogP contribution in [0.2, 0.25) is 0 Å². The zero-order valence-electron chi connectivity index (χ0n) is 9.36. The Bertz CT molecular complexity index is 421. The topological polar surface area (TPSA) is 42.2 Å². The number of rotatable bonds is 1. The molecular formula is C12H16BrN3. The minimum Gasteiger partial charge on any atom is -0.383 e. The maximum absolute atomic E-state index is 5.72. The molecule has 0 spiro atoms. The molecule has 1 aromatic rings. The Kier molecular flexibility index (Phi) is 2.44. The Morgan fingerprint density at radius 1 is 1.50 bits per heavy atom. The normalized spacial score (nSPS) is 33.5. The van der Waals surface area contributed by atoms with Gasteiger partial charge in [0, 0.05) is 24.2 Å². The number of pyridine rings is 1. The van der Waals surface area contributed by atoms with E-state index in [-0.39, 0.29) is 0 Å². The Morgan fingerprint density at radius 3 is 2.88 bits per heavy atom. The van der Waals surface area contributed by atoms with E-state index in [4.69, 9.17) is 5.73 Å². The first-order chi connectivity index (χ1) is 7.66. The molecule has 3 rings (SSSR count). The van der Waals surface area contributed by atoms with E-state index in [1.165, 1.54) is 24.8 Å². The Morgan fingerprint density at radius 2 is 2.31 bits per heavy atom. The first kappa shape index (κ1) is 10.5. The highest BCUT2D eigenvalue weighted by atomic mass is 79.9. The SMILES string of the molecule is CN1C2CCC1C(c1cnc(N)c(Br)c1)C2. The molecule has 1 aromatic heterocycles. The van der Waals surface area contributed by atoms with Gasteiger partial charge in [-0.2, -0.15) is 0 Å². The summed E-state index contributed by atoms with van der Waals surface area (Å²) < 4.78 is 0.926. The van der Waals surface area contributed by atoms with Gasteiger partial charge in [-0.15, -0.1) is 0 Å². The lowest BCUT2D eigenvalue weighted by Gasteiger charge is -2.21. The average Bonchev–Trinajstić information content (AvgIpc) is 2.78. The fourth-order valence-electron chi connectivity index (χ4n) is 3.28. The van der Waals surface area contributed by atoms with Gasteiger partial charge >= 0.3 is 0 Å². The molecule has 0 aromatic carbocycles. The third-order valence-electron chi connectivity index (χ3n) is 4.20. The molecule has 2 saturated heterocycles. The summed E-state index contributed by atoms with van der Waals surface area (Å²) in [6.45, 7) is 0. The molecule has 0 aliphatic carbocycles. The van der Waals surface area contributed by atoms with Crippen molar-refractivity contribution in [1.82, 2.24) is 9.88 Å². The van der Waals surface area contributed by atoms with Gasteiger partial charge in [-0.25, -0.2) is 4.98 Å². The summed E-state index contributed by atoms with van der Waals surface area (Å²) in [6, 6.07) is 3.63. The van der Waals surface area contributed by atoms with Crippen LogP contribution in [-0.2, 0) is 0 Å². The van der Waals surface area contributed by atoms with Gasteiger partial charge in [-0.3, -0.25) is 4.90 Å². The highest BCUT2D eigenvalue weighted by Gasteiger charge is 2.44. The van der Waals surface area contributed by atoms with Crippen molar-refractivity contribution in [1.29, 1.82) is 0 Å². The van der Waals surface area contributed by atoms with E-state index in [9.17, 15) is 0 Å². The van der Waals surface area contributed by atoms with Crippen LogP contribution >= 0.6 is 15.9 Å². The van der Waals surface area contributed by atoms with Crippen LogP contribution in [0.3, 0.4) is 0 Å². The van der Waals surface area contributed by atoms with Crippen LogP contribution in [0.4, 0.5) is 5.82 Å². The summed E-state index contributed by atoms with van der Waals surface area (Å²) in [5.74, 6) is 1.23. The van der Waals surface area contributed by atoms with Gasteiger partial charge in [0.1, 0.15) is 5.82 Å². The summed E-state index contributed by atoms with van der Waals surface area (Å²) in [5.41, 5.74) is 7.06. The molecule has 0 saturated carbocycles. The van der Waals surface area contributed by atoms with E-state index >= 15 is 0 Å². The molecule has 2 aliphatic rings. The molecule has 86 valence electrons. The Labute approximate surface area is 104 Å². The van der Waals surface area contributed by atoms with Gasteiger partial charge < -0.3 is 5.73 Å². The lowest BCUT2D eigenvalue weighted by atomic mass is 9.85. The van der Waals surface area contributed by atoms with Crippen LogP contribution in [0, 0.1) is 0 Å². The second-order valence-electron chi connectivity index (χ2n) is 4.94. The molecule has 0 radical (unpaired) electrons. The van der Waals surface area contributed by atoms with Crippen LogP contribution < -0.4 is 5.73 Å². The molecule has 3 unspecified atom stereocenters. The van der Waals surface area contributed by atoms with Crippen molar-refractivity contribution in [3.8, 4) is 0 Å². The number of anilines is 1. The number of hydrogen-bond acceptors (Lipinski definition) is 3. The van der Waals surface area contributed by atoms with Gasteiger partial charge in [0.2, 0.25) is 0 Å². The van der Waals surface area contributed by atoms with Crippen molar-refractivity contribution in [3.05, 3.63) is 22.3 Å². The monoisotopic (exact) mass is 281 g/mol. The third kappa shape index (κ3) is 1.47. The molecule has 2 N–H and O–H groups in total. The number of likely N-dealkylation sites (N-methyl/N-ethyl adjacent to an activating group) is 1. The lowest BCUT2D eigenvalue weighted by molar-refractivity contribution is 0.307. The number of nitrogen functional groups attached to an aromatic ring is 1. The highest BCUT2D eigenvalue weighted by molar-refractivity contribution is 9.10. The lowest BCUT2D eigenvalue weighted by Crippen LogP contribution is -2.25. The van der Waals surface area contributed by atoms with Crippen molar-refractivity contribution in [2.45, 2.75) is 37.3 Å². The standard InChI is InChI=1S/C12H16BrN3/c1-16-8-2-3-11(16)9(5-8)7-4-10(13)12(14)15-6-7/h4,6,8-9,11H,2-3,5H2,1H3,(H2,14,15). The molecule has 2 bridgehead atoms. The van der Waals surface area contributed by atoms with Gasteiger partial charge in [-0.05, 0) is 53.9 Å². The van der Waals surface area contributed by atoms with Crippen molar-refractivity contribution >= 4 is 21.7 Å². The average molecular weight is 282 g/mol. The van der Waals surface area contributed by atoms with Crippen molar-refractivity contribution in [3.63, 3.8) is 0 Å². The number of fused-ring (bicyclic) bond motifs is 2. The molecular weight excluding hydrogens is 266 g/mol. The molecule has 4 heteroatoms. The Balaban J connectivity index is 1.91. The summed E-state index contributed by atoms with van der Waals surface area (Å²) in [5, 5.41) is 0. The van der Waals surface area contributed by atoms with E-state index in [1.807, 2.05) is 6.20 Å². The molecule has 2 fully saturated rings. The van der Waals surface area contributed by atoms with Gasteiger partial charge in [0.15, 0.2) is 0 Å². The second kappa shape index (κ2) is 3.70. The van der Waals surface area contributed by atoms with Crippen LogP contribution in [0.5, 0.6) is 0 Å². The third-order valence-corrected chi connectivity index (χ3v) is 4.84. The van der Waals surface area contributed by atoms with Crippen molar-refractivity contribution in [2.75, 3.05) is 12.8 Å². The minimum atomic E-state index is 0.584. The molecule has 16 heavy (non-hydrogen) atoms. The number of nitrogens with zero attached hydrogens (tertiary/aromatic N) is 2. The zero-order chi connectivity index (χ0) is 11.3. The second-order valence-corrected chi connectivity index (χ2v) is 5.80. The summed E-state index contributed by atoms with van der Waals surface area (Å²) >= 11 is 3.46. The van der Waals surface area contributed by atoms with E-state index in [2.05, 4.69) is 38.9 Å². The van der Waals surface area contributed by atoms with E-state index in [0.717, 1.165) is 10.5 Å². The van der Waals surface area contributed by atoms with Crippen LogP contribution in [0.25, 0.3) is 0 Å². The fourth-order valence-corrected chi connectivity index (χ4v) is 3.65. The predicted molar refractivity (Wildman–Crippen MR) is 68.3 cm³/mol. The van der Waals surface area contributed by atoms with Crippen molar-refractivity contribution in [2.24, 2.45) is 0 Å². The molecule has 3 nitrogen and oxygen atoms in total. The quantitative estimate of drug-likeness (QED) is 0.860. The van der Waals surface area contributed by atoms with Crippen LogP contribution in [-0.4, -0.2) is 29.0 Å². The van der Waals surface area contributed by atoms with Crippen LogP contribution in [0.15, 0.2) is 16.7 Å². The maximum atomic E-state index is 5.72. The summed E-state index contributed by atoms with van der Waals surface area (Å²) in [6.07, 6.45) is 5.91. The van der Waals surface area contributed by atoms with E-state index in [1.54, 1.807) is 0 Å². The van der Waals surface area contributed by atoms with E-state index < -0.39 is 0 Å². The number of halogens is 1. The molecule has 2 aliphatic heterocycles. The molecule has 0 amide bonds. The van der Waals surface area contributed by atoms with Crippen molar-refractivity contribution < 1.29 is 0 Å². The number of aromatic nitrogens is 1. The number of nitrogens with two attached hydrogens (primary N) is 1. The summed E-state index contributed by atoms with van der Waals surface area (Å²) in [7, 11) is 2.25. The Hall–Kier alpha value is -0.610. The predicted octanol–water partition coefficient (Wildman–Crippen LogP) is 2.38. The minimum absolute atomic E-state index is 0.584. The van der Waals surface area contributed by atoms with Gasteiger partial charge in [0.05, 0.1) is 4.47 Å². The summed E-state index contributed by atoms with van der Waals surface area (Å²) in [4.78, 5) is 6.78. The number of hydrogen-bond donors (Lipinski definition) is 1. The molecule has 3 heterocycles. The van der Waals surface area contributed by atoms with Crippen LogP contribution in [0.1, 0.15) is 30.7 Å². The highest BCUT2D eigenvalue weighted by Crippen LogP contribution is 2.46. The van der Waals surface area contributed by atoms with Gasteiger partial charge in [0.25, 0.3) is 0 Å².